The average Bonchev–Trinajstić information content (AvgIpc) is 3.14. The molecule has 0 fully saturated rings. The second-order valence-corrected chi connectivity index (χ2v) is 13.7. The number of hydrogen-bond acceptors (Lipinski definition) is 6. The van der Waals surface area contributed by atoms with Gasteiger partial charge in [-0.15, -0.1) is 0 Å². The van der Waals surface area contributed by atoms with E-state index in [0.717, 1.165) is 38.8 Å². The van der Waals surface area contributed by atoms with E-state index in [2.05, 4.69) is 13.8 Å². The van der Waals surface area contributed by atoms with Gasteiger partial charge in [0.1, 0.15) is 13.1 Å². The molecule has 0 saturated heterocycles. The number of rotatable bonds is 31. The molecule has 0 aliphatic carbocycles. The largest absolute Gasteiger partial charge is 1.00 e. The Kier molecular flexibility index (Phi) is 31.6. The number of hydrogen-bond donors (Lipinski definition) is 0. The van der Waals surface area contributed by atoms with Crippen molar-refractivity contribution in [2.45, 2.75) is 168 Å². The summed E-state index contributed by atoms with van der Waals surface area (Å²) in [5.74, 6) is -3.14. The highest BCUT2D eigenvalue weighted by Gasteiger charge is 2.22. The molecular weight excluding hydrogens is 788 g/mol. The zero-order valence-electron chi connectivity index (χ0n) is 32.1. The van der Waals surface area contributed by atoms with Gasteiger partial charge in [0.25, 0.3) is 11.6 Å². The normalized spacial score (nSPS) is 10.6. The molecule has 0 aliphatic heterocycles. The molecule has 52 heavy (non-hydrogen) atoms. The fourth-order valence-electron chi connectivity index (χ4n) is 6.06. The van der Waals surface area contributed by atoms with Crippen LogP contribution in [-0.4, -0.2) is 36.7 Å². The van der Waals surface area contributed by atoms with Gasteiger partial charge in [-0.05, 0) is 37.8 Å². The highest BCUT2D eigenvalue weighted by atomic mass is 79.9. The third-order valence-electron chi connectivity index (χ3n) is 9.16. The summed E-state index contributed by atoms with van der Waals surface area (Å²) in [6.07, 6.45) is 33.3. The number of nitrogens with zero attached hydrogens (tertiary/aromatic N) is 2. The summed E-state index contributed by atoms with van der Waals surface area (Å²) in [6, 6.07) is 6.81. The molecule has 294 valence electrons. The Hall–Kier alpha value is -2.46. The van der Waals surface area contributed by atoms with E-state index in [1.54, 1.807) is 36.7 Å². The second kappa shape index (κ2) is 33.1. The Bertz CT molecular complexity index is 1160. The summed E-state index contributed by atoms with van der Waals surface area (Å²) >= 11 is 0. The molecule has 2 rings (SSSR count). The van der Waals surface area contributed by atoms with Crippen molar-refractivity contribution in [2.75, 3.05) is 13.2 Å². The number of aromatic nitrogens is 2. The van der Waals surface area contributed by atoms with E-state index in [0.29, 0.717) is 24.0 Å². The Morgan fingerprint density at radius 2 is 0.769 bits per heavy atom. The number of carbonyl (C=O) groups excluding carboxylic acids is 4. The number of halogens is 2. The molecule has 2 aromatic heterocycles. The van der Waals surface area contributed by atoms with Crippen LogP contribution in [0.5, 0.6) is 0 Å². The summed E-state index contributed by atoms with van der Waals surface area (Å²) in [5.41, 5.74) is 0.616. The Morgan fingerprint density at radius 3 is 1.10 bits per heavy atom. The number of esters is 2. The first-order valence-corrected chi connectivity index (χ1v) is 19.9. The van der Waals surface area contributed by atoms with E-state index in [1.165, 1.54) is 103 Å². The van der Waals surface area contributed by atoms with Gasteiger partial charge in [-0.1, -0.05) is 117 Å². The fourth-order valence-corrected chi connectivity index (χ4v) is 6.06. The maximum atomic E-state index is 12.6. The molecule has 0 aromatic carbocycles. The molecule has 0 N–H and O–H groups in total. The van der Waals surface area contributed by atoms with Crippen LogP contribution in [0.1, 0.15) is 176 Å². The van der Waals surface area contributed by atoms with Crippen LogP contribution < -0.4 is 43.1 Å². The number of ether oxygens (including phenoxy) is 2. The summed E-state index contributed by atoms with van der Waals surface area (Å²) in [5, 5.41) is 0. The summed E-state index contributed by atoms with van der Waals surface area (Å²) in [7, 11) is 0. The van der Waals surface area contributed by atoms with Gasteiger partial charge in [-0.2, -0.15) is 0 Å². The highest BCUT2D eigenvalue weighted by molar-refractivity contribution is 6.41. The lowest BCUT2D eigenvalue weighted by Crippen LogP contribution is -3.00. The minimum Gasteiger partial charge on any atom is -1.00 e. The van der Waals surface area contributed by atoms with Crippen molar-refractivity contribution >= 4 is 23.5 Å². The zero-order chi connectivity index (χ0) is 36.1. The van der Waals surface area contributed by atoms with Gasteiger partial charge >= 0.3 is 11.9 Å². The standard InChI is InChI=1S/C42H66N2O6.2BrH/c1-3-5-7-9-11-13-15-17-19-21-29-43-31-25-27-37(35-43)39(45)41(47)49-33-23-24-34-50-42(48)40(46)38-28-26-32-44(36-38)30-22-20-18-16-14-12-10-8-6-4-2;;/h25-28,31-32,35-36H,3-24,29-30,33-34H2,1-2H3;2*1H/q+2;;/p-2. The van der Waals surface area contributed by atoms with Gasteiger partial charge < -0.3 is 43.4 Å². The van der Waals surface area contributed by atoms with E-state index in [1.807, 2.05) is 21.5 Å². The molecule has 2 heterocycles. The minimum absolute atomic E-state index is 0. The fraction of sp³-hybridized carbons (Fsp3) is 0.667. The quantitative estimate of drug-likeness (QED) is 0.0381. The lowest BCUT2D eigenvalue weighted by Gasteiger charge is -2.06. The topological polar surface area (TPSA) is 94.5 Å². The van der Waals surface area contributed by atoms with E-state index in [9.17, 15) is 19.2 Å². The number of unbranched alkanes of at least 4 members (excludes halogenated alkanes) is 19. The first-order valence-electron chi connectivity index (χ1n) is 19.9. The van der Waals surface area contributed by atoms with Gasteiger partial charge in [0.2, 0.25) is 0 Å². The van der Waals surface area contributed by atoms with Gasteiger partial charge in [0.15, 0.2) is 24.8 Å². The zero-order valence-corrected chi connectivity index (χ0v) is 35.3. The lowest BCUT2D eigenvalue weighted by atomic mass is 10.1. The first kappa shape index (κ1) is 49.5. The molecule has 0 radical (unpaired) electrons. The smallest absolute Gasteiger partial charge is 0.379 e. The van der Waals surface area contributed by atoms with Crippen LogP contribution in [0.4, 0.5) is 0 Å². The molecule has 2 aromatic rings. The Morgan fingerprint density at radius 1 is 0.462 bits per heavy atom. The van der Waals surface area contributed by atoms with Crippen molar-refractivity contribution in [3.63, 3.8) is 0 Å². The van der Waals surface area contributed by atoms with E-state index in [4.69, 9.17) is 9.47 Å². The van der Waals surface area contributed by atoms with Gasteiger partial charge in [0.05, 0.1) is 24.3 Å². The van der Waals surface area contributed by atoms with Crippen LogP contribution in [0.3, 0.4) is 0 Å². The molecule has 0 amide bonds. The summed E-state index contributed by atoms with van der Waals surface area (Å²) < 4.78 is 14.2. The van der Waals surface area contributed by atoms with Gasteiger partial charge in [0, 0.05) is 25.0 Å². The molecular formula is C42H66Br2N2O6. The molecule has 8 nitrogen and oxygen atoms in total. The van der Waals surface area contributed by atoms with Gasteiger partial charge in [-0.3, -0.25) is 9.59 Å². The highest BCUT2D eigenvalue weighted by Crippen LogP contribution is 2.12. The molecule has 0 aliphatic rings. The minimum atomic E-state index is -0.899. The van der Waals surface area contributed by atoms with Crippen LogP contribution in [0.15, 0.2) is 49.1 Å². The third-order valence-corrected chi connectivity index (χ3v) is 9.16. The predicted molar refractivity (Wildman–Crippen MR) is 197 cm³/mol. The SMILES string of the molecule is CCCCCCCCCCCC[n+]1cccc(C(=O)C(=O)OCCCCOC(=O)C(=O)c2ccc[n+](CCCCCCCCCCCC)c2)c1.[Br-].[Br-]. The van der Waals surface area contributed by atoms with Crippen LogP contribution in [0, 0.1) is 0 Å². The number of ketones is 2. The Labute approximate surface area is 335 Å². The van der Waals surface area contributed by atoms with Gasteiger partial charge in [-0.25, -0.2) is 18.7 Å². The molecule has 0 saturated carbocycles. The van der Waals surface area contributed by atoms with Crippen LogP contribution >= 0.6 is 0 Å². The number of carbonyl (C=O) groups is 4. The third kappa shape index (κ3) is 23.3. The van der Waals surface area contributed by atoms with Crippen LogP contribution in [-0.2, 0) is 32.2 Å². The van der Waals surface area contributed by atoms with Crippen molar-refractivity contribution in [3.8, 4) is 0 Å². The number of Topliss-reactive ketones (excluding diaryl/α,β-unsaturated/α-hetero) is 2. The molecule has 10 heteroatoms. The van der Waals surface area contributed by atoms with Crippen LogP contribution in [0.2, 0.25) is 0 Å². The number of aryl methyl sites for hydroxylation is 2. The second-order valence-electron chi connectivity index (χ2n) is 13.7. The van der Waals surface area contributed by atoms with Crippen molar-refractivity contribution in [1.82, 2.24) is 0 Å². The first-order chi connectivity index (χ1) is 24.5. The molecule has 0 bridgehead atoms. The molecule has 0 spiro atoms. The lowest BCUT2D eigenvalue weighted by molar-refractivity contribution is -0.697. The van der Waals surface area contributed by atoms with Crippen LogP contribution in [0.25, 0.3) is 0 Å². The monoisotopic (exact) mass is 852 g/mol. The molecule has 0 unspecified atom stereocenters. The van der Waals surface area contributed by atoms with Crippen molar-refractivity contribution < 1.29 is 71.7 Å². The maximum absolute atomic E-state index is 12.6. The molecule has 0 atom stereocenters. The van der Waals surface area contributed by atoms with Crippen molar-refractivity contribution in [3.05, 3.63) is 60.2 Å². The number of pyridine rings is 2. The van der Waals surface area contributed by atoms with Crippen molar-refractivity contribution in [2.24, 2.45) is 0 Å². The van der Waals surface area contributed by atoms with Crippen molar-refractivity contribution in [1.29, 1.82) is 0 Å². The average molecular weight is 855 g/mol. The summed E-state index contributed by atoms with van der Waals surface area (Å²) in [6.45, 7) is 6.14. The predicted octanol–water partition coefficient (Wildman–Crippen LogP) is 3.04. The summed E-state index contributed by atoms with van der Waals surface area (Å²) in [4.78, 5) is 50.0. The van der Waals surface area contributed by atoms with E-state index < -0.39 is 23.5 Å². The maximum Gasteiger partial charge on any atom is 0.379 e. The van der Waals surface area contributed by atoms with E-state index in [-0.39, 0.29) is 47.2 Å². The van der Waals surface area contributed by atoms with E-state index >= 15 is 0 Å². The Balaban J connectivity index is 0.0000130.